The number of carbonyl (C=O) groups excluding carboxylic acids is 1. The molecule has 0 aliphatic heterocycles. The van der Waals surface area contributed by atoms with E-state index in [9.17, 15) is 15.0 Å². The molecule has 1 amide bonds. The van der Waals surface area contributed by atoms with Gasteiger partial charge in [0.2, 0.25) is 5.91 Å². The Labute approximate surface area is 259 Å². The highest BCUT2D eigenvalue weighted by atomic mass is 16.3. The molecule has 0 aliphatic carbocycles. The summed E-state index contributed by atoms with van der Waals surface area (Å²) in [6.07, 6.45) is 46.7. The maximum atomic E-state index is 12.3. The molecule has 0 bridgehead atoms. The summed E-state index contributed by atoms with van der Waals surface area (Å²) < 4.78 is 0. The van der Waals surface area contributed by atoms with Crippen molar-refractivity contribution >= 4 is 5.91 Å². The smallest absolute Gasteiger partial charge is 0.220 e. The van der Waals surface area contributed by atoms with Gasteiger partial charge in [0, 0.05) is 6.42 Å². The first-order valence-corrected chi connectivity index (χ1v) is 17.1. The quantitative estimate of drug-likeness (QED) is 0.0606. The second-order valence-electron chi connectivity index (χ2n) is 11.2. The lowest BCUT2D eigenvalue weighted by atomic mass is 10.0. The first-order valence-electron chi connectivity index (χ1n) is 17.1. The third kappa shape index (κ3) is 29.3. The minimum absolute atomic E-state index is 0.119. The minimum atomic E-state index is -0.691. The van der Waals surface area contributed by atoms with Crippen LogP contribution in [0.15, 0.2) is 72.9 Å². The number of aliphatic hydroxyl groups excluding tert-OH is 2. The monoisotopic (exact) mass is 583 g/mol. The number of allylic oxidation sites excluding steroid dienone is 12. The third-order valence-corrected chi connectivity index (χ3v) is 7.25. The molecule has 0 radical (unpaired) electrons. The number of aliphatic hydroxyl groups is 2. The molecule has 0 aromatic carbocycles. The van der Waals surface area contributed by atoms with Gasteiger partial charge in [-0.1, -0.05) is 157 Å². The Morgan fingerprint density at radius 1 is 0.595 bits per heavy atom. The van der Waals surface area contributed by atoms with Gasteiger partial charge < -0.3 is 15.5 Å². The van der Waals surface area contributed by atoms with Gasteiger partial charge in [-0.3, -0.25) is 4.79 Å². The molecule has 3 N–H and O–H groups in total. The Kier molecular flexibility index (Phi) is 31.6. The van der Waals surface area contributed by atoms with Crippen LogP contribution in [0, 0.1) is 0 Å². The molecule has 0 aliphatic rings. The molecule has 4 nitrogen and oxygen atoms in total. The van der Waals surface area contributed by atoms with Crippen LogP contribution < -0.4 is 5.32 Å². The second kappa shape index (κ2) is 33.3. The summed E-state index contributed by atoms with van der Waals surface area (Å²) in [5.41, 5.74) is 0. The number of amides is 1. The first-order chi connectivity index (χ1) is 20.7. The zero-order chi connectivity index (χ0) is 30.8. The normalized spacial score (nSPS) is 14.1. The first kappa shape index (κ1) is 39.8. The van der Waals surface area contributed by atoms with E-state index in [1.54, 1.807) is 0 Å². The van der Waals surface area contributed by atoms with E-state index in [-0.39, 0.29) is 12.5 Å². The van der Waals surface area contributed by atoms with E-state index in [0.29, 0.717) is 19.3 Å². The van der Waals surface area contributed by atoms with Crippen LogP contribution in [0.3, 0.4) is 0 Å². The van der Waals surface area contributed by atoms with Crippen LogP contribution in [-0.4, -0.2) is 34.9 Å². The molecule has 0 aromatic heterocycles. The van der Waals surface area contributed by atoms with Gasteiger partial charge in [0.15, 0.2) is 0 Å². The number of hydrogen-bond donors (Lipinski definition) is 3. The SMILES string of the molecule is CC/C=C\C/C=C\C/C=C\C/C=C\C/C=C\C/C=C\CCC(=O)NC(CO)C(O)CCCCCCCCCCCCC. The van der Waals surface area contributed by atoms with Crippen molar-refractivity contribution in [2.24, 2.45) is 0 Å². The van der Waals surface area contributed by atoms with Gasteiger partial charge in [0.05, 0.1) is 18.8 Å². The molecule has 0 fully saturated rings. The fourth-order valence-corrected chi connectivity index (χ4v) is 4.62. The molecule has 0 heterocycles. The highest BCUT2D eigenvalue weighted by Gasteiger charge is 2.19. The number of unbranched alkanes of at least 4 members (excludes halogenated alkanes) is 10. The van der Waals surface area contributed by atoms with Crippen molar-refractivity contribution in [3.05, 3.63) is 72.9 Å². The number of rotatable bonds is 29. The van der Waals surface area contributed by atoms with Crippen molar-refractivity contribution < 1.29 is 15.0 Å². The molecule has 2 unspecified atom stereocenters. The van der Waals surface area contributed by atoms with Gasteiger partial charge in [0.1, 0.15) is 0 Å². The minimum Gasteiger partial charge on any atom is -0.394 e. The molecule has 240 valence electrons. The van der Waals surface area contributed by atoms with Crippen molar-refractivity contribution in [1.29, 1.82) is 0 Å². The van der Waals surface area contributed by atoms with Crippen LogP contribution in [0.2, 0.25) is 0 Å². The Morgan fingerprint density at radius 2 is 1.00 bits per heavy atom. The Morgan fingerprint density at radius 3 is 1.43 bits per heavy atom. The van der Waals surface area contributed by atoms with Crippen LogP contribution in [0.25, 0.3) is 0 Å². The van der Waals surface area contributed by atoms with E-state index in [1.165, 1.54) is 57.8 Å². The lowest BCUT2D eigenvalue weighted by Gasteiger charge is -2.22. The molecule has 0 saturated heterocycles. The van der Waals surface area contributed by atoms with Crippen LogP contribution >= 0.6 is 0 Å². The fourth-order valence-electron chi connectivity index (χ4n) is 4.62. The highest BCUT2D eigenvalue weighted by molar-refractivity contribution is 5.76. The topological polar surface area (TPSA) is 69.6 Å². The van der Waals surface area contributed by atoms with Gasteiger partial charge in [0.25, 0.3) is 0 Å². The van der Waals surface area contributed by atoms with E-state index >= 15 is 0 Å². The zero-order valence-corrected chi connectivity index (χ0v) is 27.2. The molecule has 0 rings (SSSR count). The van der Waals surface area contributed by atoms with E-state index < -0.39 is 12.1 Å². The molecule has 0 spiro atoms. The maximum absolute atomic E-state index is 12.3. The van der Waals surface area contributed by atoms with E-state index in [2.05, 4.69) is 86.0 Å². The molecular formula is C38H65NO3. The average molecular weight is 584 g/mol. The summed E-state index contributed by atoms with van der Waals surface area (Å²) in [6, 6.07) is -0.578. The molecule has 0 saturated carbocycles. The van der Waals surface area contributed by atoms with Gasteiger partial charge >= 0.3 is 0 Å². The zero-order valence-electron chi connectivity index (χ0n) is 27.2. The van der Waals surface area contributed by atoms with Crippen molar-refractivity contribution in [3.8, 4) is 0 Å². The number of carbonyl (C=O) groups is 1. The van der Waals surface area contributed by atoms with Gasteiger partial charge in [-0.05, 0) is 51.4 Å². The predicted molar refractivity (Wildman–Crippen MR) is 184 cm³/mol. The van der Waals surface area contributed by atoms with Crippen molar-refractivity contribution in [1.82, 2.24) is 5.32 Å². The second-order valence-corrected chi connectivity index (χ2v) is 11.2. The molecular weight excluding hydrogens is 518 g/mol. The maximum Gasteiger partial charge on any atom is 0.220 e. The van der Waals surface area contributed by atoms with E-state index in [1.807, 2.05) is 6.08 Å². The van der Waals surface area contributed by atoms with Crippen molar-refractivity contribution in [3.63, 3.8) is 0 Å². The van der Waals surface area contributed by atoms with Gasteiger partial charge in [-0.15, -0.1) is 0 Å². The Hall–Kier alpha value is -2.17. The van der Waals surface area contributed by atoms with Crippen molar-refractivity contribution in [2.45, 2.75) is 154 Å². The number of hydrogen-bond acceptors (Lipinski definition) is 3. The van der Waals surface area contributed by atoms with E-state index in [4.69, 9.17) is 0 Å². The molecule has 42 heavy (non-hydrogen) atoms. The molecule has 2 atom stereocenters. The largest absolute Gasteiger partial charge is 0.394 e. The van der Waals surface area contributed by atoms with Gasteiger partial charge in [-0.2, -0.15) is 0 Å². The summed E-state index contributed by atoms with van der Waals surface area (Å²) in [4.78, 5) is 12.3. The summed E-state index contributed by atoms with van der Waals surface area (Å²) in [5.74, 6) is -0.119. The summed E-state index contributed by atoms with van der Waals surface area (Å²) in [5, 5.41) is 22.9. The molecule has 4 heteroatoms. The lowest BCUT2D eigenvalue weighted by molar-refractivity contribution is -0.123. The predicted octanol–water partition coefficient (Wildman–Crippen LogP) is 10.0. The Bertz CT molecular complexity index is 762. The Balaban J connectivity index is 3.79. The van der Waals surface area contributed by atoms with Crippen LogP contribution in [-0.2, 0) is 4.79 Å². The van der Waals surface area contributed by atoms with Gasteiger partial charge in [-0.25, -0.2) is 0 Å². The standard InChI is InChI=1S/C38H65NO3/c1-3-5-7-9-11-13-15-16-17-18-19-20-21-22-24-26-28-30-32-34-38(42)39-36(35-40)37(41)33-31-29-27-25-23-14-12-10-8-6-4-2/h5,7,11,13,16-17,19-20,22,24,28,30,36-37,40-41H,3-4,6,8-10,12,14-15,18,21,23,25-27,29,31-35H2,1-2H3,(H,39,42)/b7-5-,13-11-,17-16-,20-19-,24-22-,30-28-. The van der Waals surface area contributed by atoms with Crippen molar-refractivity contribution in [2.75, 3.05) is 6.61 Å². The summed E-state index contributed by atoms with van der Waals surface area (Å²) >= 11 is 0. The third-order valence-electron chi connectivity index (χ3n) is 7.25. The highest BCUT2D eigenvalue weighted by Crippen LogP contribution is 2.13. The van der Waals surface area contributed by atoms with E-state index in [0.717, 1.165) is 51.4 Å². The van der Waals surface area contributed by atoms with Crippen LogP contribution in [0.5, 0.6) is 0 Å². The molecule has 0 aromatic rings. The summed E-state index contributed by atoms with van der Waals surface area (Å²) in [6.45, 7) is 4.17. The lowest BCUT2D eigenvalue weighted by Crippen LogP contribution is -2.45. The average Bonchev–Trinajstić information content (AvgIpc) is 2.99. The van der Waals surface area contributed by atoms with Crippen LogP contribution in [0.1, 0.15) is 142 Å². The fraction of sp³-hybridized carbons (Fsp3) is 0.658. The number of nitrogens with one attached hydrogen (secondary N) is 1. The van der Waals surface area contributed by atoms with Crippen LogP contribution in [0.4, 0.5) is 0 Å². The summed E-state index contributed by atoms with van der Waals surface area (Å²) in [7, 11) is 0.